The van der Waals surface area contributed by atoms with E-state index in [4.69, 9.17) is 10.5 Å². The number of primary amides is 1. The maximum Gasteiger partial charge on any atom is 0.312 e. The molecule has 0 aromatic heterocycles. The Balaban J connectivity index is 1.58. The zero-order valence-corrected chi connectivity index (χ0v) is 14.5. The summed E-state index contributed by atoms with van der Waals surface area (Å²) in [5.41, 5.74) is 7.07. The van der Waals surface area contributed by atoms with Gasteiger partial charge in [-0.3, -0.25) is 4.79 Å². The Morgan fingerprint density at radius 3 is 2.07 bits per heavy atom. The van der Waals surface area contributed by atoms with E-state index in [0.29, 0.717) is 23.5 Å². The lowest BCUT2D eigenvalue weighted by molar-refractivity contribution is 0.102. The van der Waals surface area contributed by atoms with Gasteiger partial charge in [-0.25, -0.2) is 4.79 Å². The molecule has 0 aliphatic rings. The number of amides is 3. The molecule has 0 aliphatic heterocycles. The summed E-state index contributed by atoms with van der Waals surface area (Å²) in [5.74, 6) is 1.21. The van der Waals surface area contributed by atoms with Gasteiger partial charge in [0, 0.05) is 17.8 Å². The largest absolute Gasteiger partial charge is 0.457 e. The minimum absolute atomic E-state index is 0.221. The molecule has 3 amide bonds. The van der Waals surface area contributed by atoms with E-state index < -0.39 is 6.03 Å². The molecule has 0 saturated carbocycles. The van der Waals surface area contributed by atoms with Gasteiger partial charge in [-0.15, -0.1) is 0 Å². The normalized spacial score (nSPS) is 10.1. The van der Waals surface area contributed by atoms with Crippen LogP contribution in [0.3, 0.4) is 0 Å². The van der Waals surface area contributed by atoms with Gasteiger partial charge in [0.05, 0.1) is 0 Å². The van der Waals surface area contributed by atoms with Crippen molar-refractivity contribution in [2.24, 2.45) is 5.73 Å². The number of carbonyl (C=O) groups excluding carboxylic acids is 2. The Hall–Kier alpha value is -3.80. The van der Waals surface area contributed by atoms with Gasteiger partial charge < -0.3 is 21.1 Å². The van der Waals surface area contributed by atoms with Crippen LogP contribution in [-0.2, 0) is 6.54 Å². The van der Waals surface area contributed by atoms with Crippen LogP contribution in [0.25, 0.3) is 0 Å². The molecule has 3 rings (SSSR count). The number of hydrogen-bond donors (Lipinski definition) is 3. The van der Waals surface area contributed by atoms with Gasteiger partial charge in [0.2, 0.25) is 0 Å². The molecule has 0 bridgehead atoms. The fraction of sp³-hybridized carbons (Fsp3) is 0.0476. The van der Waals surface area contributed by atoms with Crippen molar-refractivity contribution in [1.29, 1.82) is 0 Å². The molecule has 6 heteroatoms. The predicted octanol–water partition coefficient (Wildman–Crippen LogP) is 3.90. The third kappa shape index (κ3) is 5.34. The quantitative estimate of drug-likeness (QED) is 0.621. The maximum atomic E-state index is 12.3. The fourth-order valence-corrected chi connectivity index (χ4v) is 2.40. The summed E-state index contributed by atoms with van der Waals surface area (Å²) in [6.45, 7) is 0.320. The Labute approximate surface area is 157 Å². The summed E-state index contributed by atoms with van der Waals surface area (Å²) < 4.78 is 5.72. The number of hydrogen-bond acceptors (Lipinski definition) is 3. The predicted molar refractivity (Wildman–Crippen MR) is 104 cm³/mol. The highest BCUT2D eigenvalue weighted by Gasteiger charge is 2.07. The van der Waals surface area contributed by atoms with E-state index in [2.05, 4.69) is 10.6 Å². The van der Waals surface area contributed by atoms with Crippen molar-refractivity contribution in [2.45, 2.75) is 6.54 Å². The van der Waals surface area contributed by atoms with Gasteiger partial charge in [0.1, 0.15) is 11.5 Å². The van der Waals surface area contributed by atoms with Gasteiger partial charge in [-0.05, 0) is 54.1 Å². The Kier molecular flexibility index (Phi) is 5.69. The topological polar surface area (TPSA) is 93.5 Å². The van der Waals surface area contributed by atoms with Gasteiger partial charge in [0.15, 0.2) is 0 Å². The molecule has 4 N–H and O–H groups in total. The summed E-state index contributed by atoms with van der Waals surface area (Å²) in [6.07, 6.45) is 0. The Morgan fingerprint density at radius 1 is 0.815 bits per heavy atom. The second-order valence-corrected chi connectivity index (χ2v) is 5.81. The van der Waals surface area contributed by atoms with Crippen LogP contribution < -0.4 is 21.1 Å². The van der Waals surface area contributed by atoms with Gasteiger partial charge in [-0.1, -0.05) is 30.3 Å². The molecule has 0 heterocycles. The van der Waals surface area contributed by atoms with E-state index in [-0.39, 0.29) is 5.91 Å². The monoisotopic (exact) mass is 361 g/mol. The standard InChI is InChI=1S/C21H19N3O3/c22-21(26)23-14-15-6-8-16(9-7-15)20(25)24-17-10-12-19(13-11-17)27-18-4-2-1-3-5-18/h1-13H,14H2,(H,24,25)(H3,22,23,26). The lowest BCUT2D eigenvalue weighted by Gasteiger charge is -2.09. The first-order chi connectivity index (χ1) is 13.1. The molecule has 0 radical (unpaired) electrons. The molecule has 0 spiro atoms. The molecule has 6 nitrogen and oxygen atoms in total. The minimum Gasteiger partial charge on any atom is -0.457 e. The molecule has 0 fully saturated rings. The number of nitrogens with two attached hydrogens (primary N) is 1. The van der Waals surface area contributed by atoms with Crippen molar-refractivity contribution in [2.75, 3.05) is 5.32 Å². The van der Waals surface area contributed by atoms with Crippen LogP contribution in [0.15, 0.2) is 78.9 Å². The molecule has 27 heavy (non-hydrogen) atoms. The van der Waals surface area contributed by atoms with Crippen LogP contribution in [-0.4, -0.2) is 11.9 Å². The highest BCUT2D eigenvalue weighted by molar-refractivity contribution is 6.04. The third-order valence-electron chi connectivity index (χ3n) is 3.77. The molecule has 3 aromatic carbocycles. The van der Waals surface area contributed by atoms with E-state index in [1.165, 1.54) is 0 Å². The lowest BCUT2D eigenvalue weighted by atomic mass is 10.1. The maximum absolute atomic E-state index is 12.3. The van der Waals surface area contributed by atoms with Crippen molar-refractivity contribution < 1.29 is 14.3 Å². The average molecular weight is 361 g/mol. The van der Waals surface area contributed by atoms with E-state index in [0.717, 1.165) is 11.3 Å². The number of ether oxygens (including phenoxy) is 1. The Morgan fingerprint density at radius 2 is 1.44 bits per heavy atom. The summed E-state index contributed by atoms with van der Waals surface area (Å²) in [5, 5.41) is 5.33. The van der Waals surface area contributed by atoms with E-state index >= 15 is 0 Å². The molecule has 0 atom stereocenters. The second-order valence-electron chi connectivity index (χ2n) is 5.81. The second kappa shape index (κ2) is 8.53. The molecule has 136 valence electrons. The number of rotatable bonds is 6. The highest BCUT2D eigenvalue weighted by atomic mass is 16.5. The molecule has 0 saturated heterocycles. The summed E-state index contributed by atoms with van der Waals surface area (Å²) in [7, 11) is 0. The van der Waals surface area contributed by atoms with Gasteiger partial charge in [-0.2, -0.15) is 0 Å². The van der Waals surface area contributed by atoms with Crippen molar-refractivity contribution in [3.8, 4) is 11.5 Å². The van der Waals surface area contributed by atoms with Crippen molar-refractivity contribution in [1.82, 2.24) is 5.32 Å². The van der Waals surface area contributed by atoms with Crippen molar-refractivity contribution in [3.63, 3.8) is 0 Å². The average Bonchev–Trinajstić information content (AvgIpc) is 2.69. The van der Waals surface area contributed by atoms with E-state index in [1.807, 2.05) is 30.3 Å². The van der Waals surface area contributed by atoms with Crippen LogP contribution in [0.1, 0.15) is 15.9 Å². The number of benzene rings is 3. The van der Waals surface area contributed by atoms with Crippen LogP contribution in [0, 0.1) is 0 Å². The number of nitrogens with one attached hydrogen (secondary N) is 2. The molecule has 0 unspecified atom stereocenters. The molecular formula is C21H19N3O3. The van der Waals surface area contributed by atoms with Gasteiger partial charge >= 0.3 is 6.03 Å². The Bertz CT molecular complexity index is 908. The number of anilines is 1. The number of urea groups is 1. The number of para-hydroxylation sites is 1. The first-order valence-electron chi connectivity index (χ1n) is 8.37. The molecule has 3 aromatic rings. The number of carbonyl (C=O) groups is 2. The van der Waals surface area contributed by atoms with Crippen molar-refractivity contribution >= 4 is 17.6 Å². The highest BCUT2D eigenvalue weighted by Crippen LogP contribution is 2.22. The minimum atomic E-state index is -0.587. The zero-order chi connectivity index (χ0) is 19.1. The van der Waals surface area contributed by atoms with Gasteiger partial charge in [0.25, 0.3) is 5.91 Å². The lowest BCUT2D eigenvalue weighted by Crippen LogP contribution is -2.28. The molecular weight excluding hydrogens is 342 g/mol. The van der Waals surface area contributed by atoms with E-state index in [9.17, 15) is 9.59 Å². The van der Waals surface area contributed by atoms with Crippen LogP contribution in [0.2, 0.25) is 0 Å². The summed E-state index contributed by atoms with van der Waals surface area (Å²) in [6, 6.07) is 23.0. The smallest absolute Gasteiger partial charge is 0.312 e. The first-order valence-corrected chi connectivity index (χ1v) is 8.37. The first kappa shape index (κ1) is 18.0. The van der Waals surface area contributed by atoms with Crippen molar-refractivity contribution in [3.05, 3.63) is 90.0 Å². The van der Waals surface area contributed by atoms with Crippen LogP contribution in [0.5, 0.6) is 11.5 Å². The van der Waals surface area contributed by atoms with E-state index in [1.54, 1.807) is 48.5 Å². The SMILES string of the molecule is NC(=O)NCc1ccc(C(=O)Nc2ccc(Oc3ccccc3)cc2)cc1. The van der Waals surface area contributed by atoms with Crippen LogP contribution >= 0.6 is 0 Å². The summed E-state index contributed by atoms with van der Waals surface area (Å²) >= 11 is 0. The third-order valence-corrected chi connectivity index (χ3v) is 3.77. The zero-order valence-electron chi connectivity index (χ0n) is 14.5. The van der Waals surface area contributed by atoms with Crippen LogP contribution in [0.4, 0.5) is 10.5 Å². The fourth-order valence-electron chi connectivity index (χ4n) is 2.40. The molecule has 0 aliphatic carbocycles. The summed E-state index contributed by atoms with van der Waals surface area (Å²) in [4.78, 5) is 23.1.